The molecule has 1 aliphatic rings. The summed E-state index contributed by atoms with van der Waals surface area (Å²) in [6, 6.07) is 8.14. The number of likely N-dealkylation sites (tertiary alicyclic amines) is 1. The Morgan fingerprint density at radius 2 is 2.00 bits per heavy atom. The van der Waals surface area contributed by atoms with Crippen molar-refractivity contribution in [2.75, 3.05) is 25.5 Å². The molecule has 0 saturated carbocycles. The summed E-state index contributed by atoms with van der Waals surface area (Å²) in [6.07, 6.45) is 2.60. The first kappa shape index (κ1) is 15.0. The topological polar surface area (TPSA) is 44.4 Å². The van der Waals surface area contributed by atoms with Gasteiger partial charge in [-0.05, 0) is 64.5 Å². The van der Waals surface area contributed by atoms with Crippen molar-refractivity contribution in [3.8, 4) is 0 Å². The molecule has 1 heterocycles. The van der Waals surface area contributed by atoms with E-state index in [1.54, 1.807) is 7.05 Å². The molecule has 1 amide bonds. The molecule has 1 fully saturated rings. The summed E-state index contributed by atoms with van der Waals surface area (Å²) in [5.41, 5.74) is 1.56. The predicted molar refractivity (Wildman–Crippen MR) is 82.7 cm³/mol. The van der Waals surface area contributed by atoms with Crippen LogP contribution in [0, 0.1) is 0 Å². The third-order valence-electron chi connectivity index (χ3n) is 3.98. The van der Waals surface area contributed by atoms with Gasteiger partial charge in [0.15, 0.2) is 0 Å². The Labute approximate surface area is 121 Å². The standard InChI is InChI=1S/C16H25N3O/c1-16(2,17-3)15(20)18-14-8-6-7-13(11-14)12-19-9-4-5-10-19/h6-8,11,17H,4-5,9-10,12H2,1-3H3,(H,18,20). The third kappa shape index (κ3) is 3.81. The molecule has 2 rings (SSSR count). The zero-order valence-corrected chi connectivity index (χ0v) is 12.7. The molecule has 1 aromatic rings. The van der Waals surface area contributed by atoms with Gasteiger partial charge in [0.25, 0.3) is 0 Å². The summed E-state index contributed by atoms with van der Waals surface area (Å²) in [6.45, 7) is 7.08. The number of carbonyl (C=O) groups is 1. The molecule has 110 valence electrons. The first-order valence-electron chi connectivity index (χ1n) is 7.33. The van der Waals surface area contributed by atoms with Crippen LogP contribution in [-0.4, -0.2) is 36.5 Å². The van der Waals surface area contributed by atoms with E-state index in [1.165, 1.54) is 31.5 Å². The molecule has 0 spiro atoms. The molecule has 1 aromatic carbocycles. The molecule has 0 radical (unpaired) electrons. The van der Waals surface area contributed by atoms with Gasteiger partial charge in [-0.15, -0.1) is 0 Å². The molecule has 1 aliphatic heterocycles. The molecule has 20 heavy (non-hydrogen) atoms. The van der Waals surface area contributed by atoms with Crippen molar-refractivity contribution >= 4 is 11.6 Å². The largest absolute Gasteiger partial charge is 0.324 e. The number of anilines is 1. The molecule has 0 aliphatic carbocycles. The minimum absolute atomic E-state index is 0.0154. The minimum Gasteiger partial charge on any atom is -0.324 e. The number of benzene rings is 1. The molecule has 0 bridgehead atoms. The molecular formula is C16H25N3O. The highest BCUT2D eigenvalue weighted by molar-refractivity contribution is 5.97. The highest BCUT2D eigenvalue weighted by atomic mass is 16.2. The second kappa shape index (κ2) is 6.37. The number of hydrogen-bond acceptors (Lipinski definition) is 3. The minimum atomic E-state index is -0.565. The van der Waals surface area contributed by atoms with E-state index < -0.39 is 5.54 Å². The summed E-state index contributed by atoms with van der Waals surface area (Å²) in [5, 5.41) is 5.99. The summed E-state index contributed by atoms with van der Waals surface area (Å²) >= 11 is 0. The zero-order valence-electron chi connectivity index (χ0n) is 12.7. The van der Waals surface area contributed by atoms with E-state index >= 15 is 0 Å². The first-order valence-corrected chi connectivity index (χ1v) is 7.33. The molecule has 0 unspecified atom stereocenters. The average molecular weight is 275 g/mol. The van der Waals surface area contributed by atoms with Gasteiger partial charge in [-0.2, -0.15) is 0 Å². The van der Waals surface area contributed by atoms with Crippen LogP contribution in [0.5, 0.6) is 0 Å². The van der Waals surface area contributed by atoms with Gasteiger partial charge in [0.05, 0.1) is 5.54 Å². The number of nitrogens with zero attached hydrogens (tertiary/aromatic N) is 1. The maximum atomic E-state index is 12.1. The Kier molecular flexibility index (Phi) is 4.78. The zero-order chi connectivity index (χ0) is 14.6. The number of hydrogen-bond donors (Lipinski definition) is 2. The average Bonchev–Trinajstić information content (AvgIpc) is 2.92. The summed E-state index contributed by atoms with van der Waals surface area (Å²) in [7, 11) is 1.80. The number of amides is 1. The normalized spacial score (nSPS) is 16.4. The smallest absolute Gasteiger partial charge is 0.244 e. The number of rotatable bonds is 5. The van der Waals surface area contributed by atoms with E-state index in [-0.39, 0.29) is 5.91 Å². The van der Waals surface area contributed by atoms with Crippen LogP contribution in [-0.2, 0) is 11.3 Å². The van der Waals surface area contributed by atoms with Gasteiger partial charge in [-0.3, -0.25) is 9.69 Å². The van der Waals surface area contributed by atoms with Crippen LogP contribution in [0.3, 0.4) is 0 Å². The van der Waals surface area contributed by atoms with Gasteiger partial charge in [-0.1, -0.05) is 12.1 Å². The Morgan fingerprint density at radius 3 is 2.65 bits per heavy atom. The monoisotopic (exact) mass is 275 g/mol. The second-order valence-electron chi connectivity index (χ2n) is 6.01. The number of carbonyl (C=O) groups excluding carboxylic acids is 1. The highest BCUT2D eigenvalue weighted by Gasteiger charge is 2.25. The third-order valence-corrected chi connectivity index (χ3v) is 3.98. The lowest BCUT2D eigenvalue weighted by molar-refractivity contribution is -0.121. The van der Waals surface area contributed by atoms with E-state index in [4.69, 9.17) is 0 Å². The quantitative estimate of drug-likeness (QED) is 0.866. The fourth-order valence-corrected chi connectivity index (χ4v) is 2.35. The van der Waals surface area contributed by atoms with Gasteiger partial charge in [-0.25, -0.2) is 0 Å². The second-order valence-corrected chi connectivity index (χ2v) is 6.01. The maximum absolute atomic E-state index is 12.1. The molecule has 4 nitrogen and oxygen atoms in total. The van der Waals surface area contributed by atoms with Gasteiger partial charge in [0, 0.05) is 12.2 Å². The van der Waals surface area contributed by atoms with Crippen LogP contribution < -0.4 is 10.6 Å². The van der Waals surface area contributed by atoms with Crippen molar-refractivity contribution < 1.29 is 4.79 Å². The van der Waals surface area contributed by atoms with Crippen molar-refractivity contribution in [3.05, 3.63) is 29.8 Å². The van der Waals surface area contributed by atoms with Crippen molar-refractivity contribution in [1.29, 1.82) is 0 Å². The van der Waals surface area contributed by atoms with E-state index in [0.717, 1.165) is 12.2 Å². The Morgan fingerprint density at radius 1 is 1.30 bits per heavy atom. The Balaban J connectivity index is 2.00. The Bertz CT molecular complexity index is 465. The van der Waals surface area contributed by atoms with Gasteiger partial charge in [0.2, 0.25) is 5.91 Å². The lowest BCUT2D eigenvalue weighted by Crippen LogP contribution is -2.47. The summed E-state index contributed by atoms with van der Waals surface area (Å²) in [5.74, 6) is -0.0154. The van der Waals surface area contributed by atoms with Crippen LogP contribution >= 0.6 is 0 Å². The van der Waals surface area contributed by atoms with Crippen LogP contribution in [0.25, 0.3) is 0 Å². The van der Waals surface area contributed by atoms with Gasteiger partial charge in [0.1, 0.15) is 0 Å². The molecule has 4 heteroatoms. The fourth-order valence-electron chi connectivity index (χ4n) is 2.35. The van der Waals surface area contributed by atoms with Crippen LogP contribution in [0.4, 0.5) is 5.69 Å². The van der Waals surface area contributed by atoms with Crippen molar-refractivity contribution in [3.63, 3.8) is 0 Å². The van der Waals surface area contributed by atoms with Crippen molar-refractivity contribution in [2.24, 2.45) is 0 Å². The first-order chi connectivity index (χ1) is 9.51. The van der Waals surface area contributed by atoms with E-state index in [2.05, 4.69) is 27.7 Å². The van der Waals surface area contributed by atoms with Gasteiger partial charge >= 0.3 is 0 Å². The lowest BCUT2D eigenvalue weighted by Gasteiger charge is -2.23. The van der Waals surface area contributed by atoms with E-state index in [1.807, 2.05) is 26.0 Å². The summed E-state index contributed by atoms with van der Waals surface area (Å²) < 4.78 is 0. The Hall–Kier alpha value is -1.39. The van der Waals surface area contributed by atoms with E-state index in [0.29, 0.717) is 0 Å². The van der Waals surface area contributed by atoms with Crippen LogP contribution in [0.15, 0.2) is 24.3 Å². The number of likely N-dealkylation sites (N-methyl/N-ethyl adjacent to an activating group) is 1. The SMILES string of the molecule is CNC(C)(C)C(=O)Nc1cccc(CN2CCCC2)c1. The molecular weight excluding hydrogens is 250 g/mol. The molecule has 0 aromatic heterocycles. The van der Waals surface area contributed by atoms with Crippen LogP contribution in [0.2, 0.25) is 0 Å². The predicted octanol–water partition coefficient (Wildman–Crippen LogP) is 2.22. The number of nitrogens with one attached hydrogen (secondary N) is 2. The summed E-state index contributed by atoms with van der Waals surface area (Å²) in [4.78, 5) is 14.6. The lowest BCUT2D eigenvalue weighted by atomic mass is 10.0. The maximum Gasteiger partial charge on any atom is 0.244 e. The van der Waals surface area contributed by atoms with Crippen LogP contribution in [0.1, 0.15) is 32.3 Å². The van der Waals surface area contributed by atoms with Crippen molar-refractivity contribution in [2.45, 2.75) is 38.8 Å². The molecule has 2 N–H and O–H groups in total. The van der Waals surface area contributed by atoms with Crippen molar-refractivity contribution in [1.82, 2.24) is 10.2 Å². The molecule has 0 atom stereocenters. The highest BCUT2D eigenvalue weighted by Crippen LogP contribution is 2.17. The van der Waals surface area contributed by atoms with E-state index in [9.17, 15) is 4.79 Å². The fraction of sp³-hybridized carbons (Fsp3) is 0.562. The molecule has 1 saturated heterocycles. The van der Waals surface area contributed by atoms with Gasteiger partial charge < -0.3 is 10.6 Å².